The SMILES string of the molecule is Cn1ccnc1[C@H](NC(=O)Cn1ccccc1=O)c1ccccc1. The Morgan fingerprint density at radius 1 is 1.12 bits per heavy atom. The molecule has 0 fully saturated rings. The number of nitrogens with one attached hydrogen (secondary N) is 1. The fourth-order valence-electron chi connectivity index (χ4n) is 2.55. The molecule has 1 N–H and O–H groups in total. The first-order valence-corrected chi connectivity index (χ1v) is 7.62. The highest BCUT2D eigenvalue weighted by Gasteiger charge is 2.20. The Kier molecular flexibility index (Phi) is 4.56. The van der Waals surface area contributed by atoms with E-state index in [0.717, 1.165) is 11.4 Å². The van der Waals surface area contributed by atoms with E-state index < -0.39 is 0 Å². The van der Waals surface area contributed by atoms with E-state index in [2.05, 4.69) is 10.3 Å². The summed E-state index contributed by atoms with van der Waals surface area (Å²) in [4.78, 5) is 28.6. The van der Waals surface area contributed by atoms with E-state index >= 15 is 0 Å². The summed E-state index contributed by atoms with van der Waals surface area (Å²) in [7, 11) is 1.88. The van der Waals surface area contributed by atoms with Crippen molar-refractivity contribution in [1.82, 2.24) is 19.4 Å². The minimum atomic E-state index is -0.377. The van der Waals surface area contributed by atoms with Crippen molar-refractivity contribution in [1.29, 1.82) is 0 Å². The number of hydrogen-bond donors (Lipinski definition) is 1. The third kappa shape index (κ3) is 3.43. The Morgan fingerprint density at radius 3 is 2.54 bits per heavy atom. The zero-order valence-corrected chi connectivity index (χ0v) is 13.3. The van der Waals surface area contributed by atoms with E-state index in [9.17, 15) is 9.59 Å². The number of aromatic nitrogens is 3. The van der Waals surface area contributed by atoms with Gasteiger partial charge >= 0.3 is 0 Å². The first-order chi connectivity index (χ1) is 11.6. The molecule has 1 aromatic carbocycles. The molecule has 0 saturated carbocycles. The van der Waals surface area contributed by atoms with Crippen molar-refractivity contribution in [3.63, 3.8) is 0 Å². The van der Waals surface area contributed by atoms with E-state index in [1.807, 2.05) is 48.1 Å². The van der Waals surface area contributed by atoms with Crippen LogP contribution in [-0.2, 0) is 18.4 Å². The van der Waals surface area contributed by atoms with Crippen LogP contribution in [0.4, 0.5) is 0 Å². The van der Waals surface area contributed by atoms with Gasteiger partial charge in [-0.25, -0.2) is 4.98 Å². The zero-order chi connectivity index (χ0) is 16.9. The number of benzene rings is 1. The molecule has 122 valence electrons. The number of hydrogen-bond acceptors (Lipinski definition) is 3. The average Bonchev–Trinajstić information content (AvgIpc) is 3.01. The first-order valence-electron chi connectivity index (χ1n) is 7.62. The molecule has 0 radical (unpaired) electrons. The Bertz CT molecular complexity index is 883. The highest BCUT2D eigenvalue weighted by molar-refractivity contribution is 5.76. The predicted molar refractivity (Wildman–Crippen MR) is 90.3 cm³/mol. The number of imidazole rings is 1. The molecule has 0 aliphatic heterocycles. The molecular formula is C18H18N4O2. The van der Waals surface area contributed by atoms with Crippen LogP contribution in [-0.4, -0.2) is 20.0 Å². The quantitative estimate of drug-likeness (QED) is 0.774. The van der Waals surface area contributed by atoms with E-state index in [-0.39, 0.29) is 24.1 Å². The lowest BCUT2D eigenvalue weighted by Gasteiger charge is -2.19. The Hall–Kier alpha value is -3.15. The van der Waals surface area contributed by atoms with Gasteiger partial charge in [-0.05, 0) is 11.6 Å². The molecule has 3 rings (SSSR count). The van der Waals surface area contributed by atoms with E-state index in [1.54, 1.807) is 24.5 Å². The molecule has 0 aliphatic carbocycles. The van der Waals surface area contributed by atoms with Crippen molar-refractivity contribution in [3.8, 4) is 0 Å². The molecule has 1 amide bonds. The number of aryl methyl sites for hydroxylation is 1. The number of rotatable bonds is 5. The predicted octanol–water partition coefficient (Wildman–Crippen LogP) is 1.49. The van der Waals surface area contributed by atoms with Crippen molar-refractivity contribution in [2.24, 2.45) is 7.05 Å². The van der Waals surface area contributed by atoms with Gasteiger partial charge in [-0.1, -0.05) is 36.4 Å². The maximum atomic E-state index is 12.4. The van der Waals surface area contributed by atoms with Crippen LogP contribution in [0.1, 0.15) is 17.4 Å². The number of pyridine rings is 1. The monoisotopic (exact) mass is 322 g/mol. The van der Waals surface area contributed by atoms with Gasteiger partial charge in [0.1, 0.15) is 18.4 Å². The molecule has 1 atom stereocenters. The van der Waals surface area contributed by atoms with Gasteiger partial charge in [-0.3, -0.25) is 9.59 Å². The van der Waals surface area contributed by atoms with Crippen LogP contribution in [0.5, 0.6) is 0 Å². The molecule has 6 nitrogen and oxygen atoms in total. The summed E-state index contributed by atoms with van der Waals surface area (Å²) in [5.74, 6) is 0.482. The third-order valence-electron chi connectivity index (χ3n) is 3.77. The smallest absolute Gasteiger partial charge is 0.250 e. The van der Waals surface area contributed by atoms with Gasteiger partial charge in [-0.15, -0.1) is 0 Å². The van der Waals surface area contributed by atoms with Crippen LogP contribution in [0, 0.1) is 0 Å². The summed E-state index contributed by atoms with van der Waals surface area (Å²) in [5, 5.41) is 2.97. The number of nitrogens with zero attached hydrogens (tertiary/aromatic N) is 3. The summed E-state index contributed by atoms with van der Waals surface area (Å²) in [5.41, 5.74) is 0.724. The van der Waals surface area contributed by atoms with Crippen molar-refractivity contribution < 1.29 is 4.79 Å². The summed E-state index contributed by atoms with van der Waals surface area (Å²) in [6.07, 6.45) is 5.12. The molecule has 0 bridgehead atoms. The fourth-order valence-corrected chi connectivity index (χ4v) is 2.55. The van der Waals surface area contributed by atoms with Gasteiger partial charge in [0.2, 0.25) is 5.91 Å². The molecule has 2 aromatic heterocycles. The maximum absolute atomic E-state index is 12.4. The Morgan fingerprint density at radius 2 is 1.88 bits per heavy atom. The van der Waals surface area contributed by atoms with Crippen molar-refractivity contribution in [3.05, 3.63) is 88.9 Å². The van der Waals surface area contributed by atoms with Gasteiger partial charge in [0.05, 0.1) is 0 Å². The first kappa shape index (κ1) is 15.7. The molecule has 0 spiro atoms. The van der Waals surface area contributed by atoms with Gasteiger partial charge in [0.15, 0.2) is 0 Å². The van der Waals surface area contributed by atoms with Crippen molar-refractivity contribution in [2.75, 3.05) is 0 Å². The van der Waals surface area contributed by atoms with Gasteiger partial charge in [-0.2, -0.15) is 0 Å². The zero-order valence-electron chi connectivity index (χ0n) is 13.3. The molecular weight excluding hydrogens is 304 g/mol. The van der Waals surface area contributed by atoms with Crippen LogP contribution >= 0.6 is 0 Å². The lowest BCUT2D eigenvalue weighted by molar-refractivity contribution is -0.122. The molecule has 24 heavy (non-hydrogen) atoms. The fraction of sp³-hybridized carbons (Fsp3) is 0.167. The lowest BCUT2D eigenvalue weighted by atomic mass is 10.1. The summed E-state index contributed by atoms with van der Waals surface area (Å²) in [6.45, 7) is -0.0343. The van der Waals surface area contributed by atoms with Crippen molar-refractivity contribution >= 4 is 5.91 Å². The summed E-state index contributed by atoms with van der Waals surface area (Å²) >= 11 is 0. The van der Waals surface area contributed by atoms with E-state index in [4.69, 9.17) is 0 Å². The normalized spacial score (nSPS) is 11.9. The number of carbonyl (C=O) groups excluding carboxylic acids is 1. The van der Waals surface area contributed by atoms with Crippen LogP contribution in [0.3, 0.4) is 0 Å². The maximum Gasteiger partial charge on any atom is 0.250 e. The summed E-state index contributed by atoms with van der Waals surface area (Å²) < 4.78 is 3.24. The molecule has 3 aromatic rings. The third-order valence-corrected chi connectivity index (χ3v) is 3.77. The topological polar surface area (TPSA) is 68.9 Å². The van der Waals surface area contributed by atoms with Crippen LogP contribution < -0.4 is 10.9 Å². The second-order valence-corrected chi connectivity index (χ2v) is 5.47. The van der Waals surface area contributed by atoms with Crippen LogP contribution in [0.15, 0.2) is 71.9 Å². The Balaban J connectivity index is 1.85. The molecule has 2 heterocycles. The number of amides is 1. The van der Waals surface area contributed by atoms with Gasteiger partial charge in [0.25, 0.3) is 5.56 Å². The highest BCUT2D eigenvalue weighted by Crippen LogP contribution is 2.20. The minimum absolute atomic E-state index is 0.0343. The molecule has 0 unspecified atom stereocenters. The molecule has 6 heteroatoms. The second kappa shape index (κ2) is 6.95. The van der Waals surface area contributed by atoms with Crippen LogP contribution in [0.2, 0.25) is 0 Å². The Labute approximate surface area is 139 Å². The molecule has 0 saturated heterocycles. The van der Waals surface area contributed by atoms with Gasteiger partial charge < -0.3 is 14.5 Å². The number of carbonyl (C=O) groups is 1. The van der Waals surface area contributed by atoms with E-state index in [0.29, 0.717) is 0 Å². The highest BCUT2D eigenvalue weighted by atomic mass is 16.2. The molecule has 0 aliphatic rings. The minimum Gasteiger partial charge on any atom is -0.341 e. The largest absolute Gasteiger partial charge is 0.341 e. The van der Waals surface area contributed by atoms with Crippen LogP contribution in [0.25, 0.3) is 0 Å². The summed E-state index contributed by atoms with van der Waals surface area (Å²) in [6, 6.07) is 14.1. The van der Waals surface area contributed by atoms with E-state index in [1.165, 1.54) is 10.6 Å². The lowest BCUT2D eigenvalue weighted by Crippen LogP contribution is -2.35. The second-order valence-electron chi connectivity index (χ2n) is 5.47. The van der Waals surface area contributed by atoms with Gasteiger partial charge in [0, 0.05) is 31.7 Å². The average molecular weight is 322 g/mol. The standard InChI is InChI=1S/C18H18N4O2/c1-21-12-10-19-18(21)17(14-7-3-2-4-8-14)20-15(23)13-22-11-6-5-9-16(22)24/h2-12,17H,13H2,1H3,(H,20,23)/t17-/m1/s1. The van der Waals surface area contributed by atoms with Crippen molar-refractivity contribution in [2.45, 2.75) is 12.6 Å².